The molecule has 0 aliphatic carbocycles. The van der Waals surface area contributed by atoms with Crippen LogP contribution in [0.1, 0.15) is 63.7 Å². The summed E-state index contributed by atoms with van der Waals surface area (Å²) >= 11 is 0. The number of nitrogens with one attached hydrogen (secondary N) is 1. The van der Waals surface area contributed by atoms with Crippen molar-refractivity contribution in [2.45, 2.75) is 53.4 Å². The molecule has 0 amide bonds. The number of benzene rings is 1. The molecule has 0 aromatic heterocycles. The normalized spacial score (nSPS) is 10.4. The Labute approximate surface area is 170 Å². The van der Waals surface area contributed by atoms with E-state index >= 15 is 0 Å². The highest BCUT2D eigenvalue weighted by molar-refractivity contribution is 5.90. The lowest BCUT2D eigenvalue weighted by atomic mass is 10.2. The van der Waals surface area contributed by atoms with Crippen LogP contribution in [-0.2, 0) is 4.74 Å². The van der Waals surface area contributed by atoms with Crippen LogP contribution < -0.4 is 26.8 Å². The van der Waals surface area contributed by atoms with Gasteiger partial charge in [-0.25, -0.2) is 4.79 Å². The minimum absolute atomic E-state index is 0. The Hall–Kier alpha value is -1.46. The minimum atomic E-state index is -0.308. The van der Waals surface area contributed by atoms with Crippen LogP contribution >= 0.6 is 0 Å². The van der Waals surface area contributed by atoms with Crippen molar-refractivity contribution in [3.05, 3.63) is 23.8 Å². The number of ether oxygens (including phenoxy) is 3. The number of hydrogen-bond donors (Lipinski definition) is 1. The second-order valence-corrected chi connectivity index (χ2v) is 6.41. The molecule has 0 saturated carbocycles. The van der Waals surface area contributed by atoms with Crippen molar-refractivity contribution in [3.63, 3.8) is 0 Å². The number of esters is 1. The quantitative estimate of drug-likeness (QED) is 0.355. The van der Waals surface area contributed by atoms with Crippen LogP contribution in [-0.4, -0.2) is 45.4 Å². The first-order valence-corrected chi connectivity index (χ1v) is 10.1. The molecule has 1 rings (SSSR count). The smallest absolute Gasteiger partial charge is 0.338 e. The SMILES string of the molecule is CCCCOc1ccc(C(=O)OCC[NH+](CC)CC)cc1OCCCC.[Cl-]. The van der Waals surface area contributed by atoms with Gasteiger partial charge in [0.15, 0.2) is 11.5 Å². The summed E-state index contributed by atoms with van der Waals surface area (Å²) in [6.07, 6.45) is 4.09. The molecule has 0 bridgehead atoms. The van der Waals surface area contributed by atoms with E-state index in [1.165, 1.54) is 4.90 Å². The third-order valence-electron chi connectivity index (χ3n) is 4.38. The molecule has 0 aliphatic heterocycles. The van der Waals surface area contributed by atoms with E-state index in [-0.39, 0.29) is 18.4 Å². The summed E-state index contributed by atoms with van der Waals surface area (Å²) < 4.78 is 17.1. The lowest BCUT2D eigenvalue weighted by Gasteiger charge is -2.16. The molecule has 0 radical (unpaired) electrons. The molecule has 0 spiro atoms. The zero-order valence-electron chi connectivity index (χ0n) is 17.3. The number of carbonyl (C=O) groups is 1. The van der Waals surface area contributed by atoms with Gasteiger partial charge in [-0.15, -0.1) is 0 Å². The first-order chi connectivity index (χ1) is 12.7. The fraction of sp³-hybridized carbons (Fsp3) is 0.667. The van der Waals surface area contributed by atoms with E-state index in [0.717, 1.165) is 45.3 Å². The molecule has 1 aromatic carbocycles. The highest BCUT2D eigenvalue weighted by Gasteiger charge is 2.14. The average Bonchev–Trinajstić information content (AvgIpc) is 2.66. The predicted octanol–water partition coefficient (Wildman–Crippen LogP) is 0.130. The van der Waals surface area contributed by atoms with Crippen molar-refractivity contribution in [3.8, 4) is 11.5 Å². The topological polar surface area (TPSA) is 49.2 Å². The highest BCUT2D eigenvalue weighted by Crippen LogP contribution is 2.29. The summed E-state index contributed by atoms with van der Waals surface area (Å²) in [5, 5.41) is 0. The number of unbranched alkanes of at least 4 members (excludes halogenated alkanes) is 2. The van der Waals surface area contributed by atoms with Gasteiger partial charge in [0.05, 0.1) is 31.9 Å². The monoisotopic (exact) mass is 401 g/mol. The van der Waals surface area contributed by atoms with Gasteiger partial charge in [-0.2, -0.15) is 0 Å². The average molecular weight is 402 g/mol. The van der Waals surface area contributed by atoms with Crippen LogP contribution in [0.4, 0.5) is 0 Å². The van der Waals surface area contributed by atoms with E-state index in [2.05, 4.69) is 27.7 Å². The van der Waals surface area contributed by atoms with Gasteiger partial charge in [0.25, 0.3) is 0 Å². The number of halogens is 1. The van der Waals surface area contributed by atoms with Crippen molar-refractivity contribution in [1.29, 1.82) is 0 Å². The molecule has 0 atom stereocenters. The lowest BCUT2D eigenvalue weighted by Crippen LogP contribution is -3.11. The Balaban J connectivity index is 0.00000676. The van der Waals surface area contributed by atoms with E-state index < -0.39 is 0 Å². The Morgan fingerprint density at radius 3 is 2.04 bits per heavy atom. The molecule has 0 saturated heterocycles. The number of rotatable bonds is 14. The van der Waals surface area contributed by atoms with Crippen molar-refractivity contribution in [1.82, 2.24) is 0 Å². The number of quaternary nitrogens is 1. The zero-order chi connectivity index (χ0) is 19.2. The third kappa shape index (κ3) is 9.87. The summed E-state index contributed by atoms with van der Waals surface area (Å²) in [5.74, 6) is 1.01. The molecule has 0 aliphatic rings. The van der Waals surface area contributed by atoms with Gasteiger partial charge in [-0.3, -0.25) is 0 Å². The summed E-state index contributed by atoms with van der Waals surface area (Å²) in [6, 6.07) is 5.30. The fourth-order valence-corrected chi connectivity index (χ4v) is 2.49. The van der Waals surface area contributed by atoms with E-state index in [9.17, 15) is 4.79 Å². The van der Waals surface area contributed by atoms with Crippen LogP contribution in [0.2, 0.25) is 0 Å². The lowest BCUT2D eigenvalue weighted by molar-refractivity contribution is -0.896. The second kappa shape index (κ2) is 15.6. The Morgan fingerprint density at radius 1 is 0.889 bits per heavy atom. The summed E-state index contributed by atoms with van der Waals surface area (Å²) in [7, 11) is 0. The van der Waals surface area contributed by atoms with Gasteiger partial charge < -0.3 is 31.5 Å². The van der Waals surface area contributed by atoms with E-state index in [1.54, 1.807) is 12.1 Å². The van der Waals surface area contributed by atoms with Crippen LogP contribution in [0.3, 0.4) is 0 Å². The molecule has 0 fully saturated rings. The maximum Gasteiger partial charge on any atom is 0.338 e. The molecular formula is C21H36ClNO4. The maximum atomic E-state index is 12.3. The fourth-order valence-electron chi connectivity index (χ4n) is 2.49. The van der Waals surface area contributed by atoms with Crippen molar-refractivity contribution in [2.24, 2.45) is 0 Å². The molecule has 0 heterocycles. The van der Waals surface area contributed by atoms with E-state index in [1.807, 2.05) is 6.07 Å². The van der Waals surface area contributed by atoms with Crippen LogP contribution in [0, 0.1) is 0 Å². The number of hydrogen-bond acceptors (Lipinski definition) is 4. The van der Waals surface area contributed by atoms with Crippen LogP contribution in [0.25, 0.3) is 0 Å². The van der Waals surface area contributed by atoms with Gasteiger partial charge in [0, 0.05) is 0 Å². The van der Waals surface area contributed by atoms with Gasteiger partial charge in [-0.05, 0) is 44.9 Å². The van der Waals surface area contributed by atoms with Gasteiger partial charge >= 0.3 is 5.97 Å². The molecule has 5 nitrogen and oxygen atoms in total. The zero-order valence-corrected chi connectivity index (χ0v) is 18.1. The van der Waals surface area contributed by atoms with Crippen molar-refractivity contribution >= 4 is 5.97 Å². The van der Waals surface area contributed by atoms with Crippen LogP contribution in [0.5, 0.6) is 11.5 Å². The first-order valence-electron chi connectivity index (χ1n) is 10.1. The van der Waals surface area contributed by atoms with Crippen molar-refractivity contribution in [2.75, 3.05) is 39.5 Å². The maximum absolute atomic E-state index is 12.3. The number of carbonyl (C=O) groups excluding carboxylic acids is 1. The number of likely N-dealkylation sites (N-methyl/N-ethyl adjacent to an activating group) is 1. The largest absolute Gasteiger partial charge is 1.00 e. The third-order valence-corrected chi connectivity index (χ3v) is 4.38. The summed E-state index contributed by atoms with van der Waals surface area (Å²) in [5.41, 5.74) is 0.508. The molecule has 1 aromatic rings. The molecule has 156 valence electrons. The van der Waals surface area contributed by atoms with Gasteiger partial charge in [0.2, 0.25) is 0 Å². The molecular weight excluding hydrogens is 366 g/mol. The Morgan fingerprint density at radius 2 is 1.48 bits per heavy atom. The second-order valence-electron chi connectivity index (χ2n) is 6.41. The predicted molar refractivity (Wildman–Crippen MR) is 104 cm³/mol. The summed E-state index contributed by atoms with van der Waals surface area (Å²) in [6.45, 7) is 13.1. The van der Waals surface area contributed by atoms with Crippen LogP contribution in [0.15, 0.2) is 18.2 Å². The highest BCUT2D eigenvalue weighted by atomic mass is 35.5. The van der Waals surface area contributed by atoms with Gasteiger partial charge in [-0.1, -0.05) is 26.7 Å². The molecule has 0 unspecified atom stereocenters. The minimum Gasteiger partial charge on any atom is -1.00 e. The van der Waals surface area contributed by atoms with Crippen molar-refractivity contribution < 1.29 is 36.3 Å². The van der Waals surface area contributed by atoms with E-state index in [0.29, 0.717) is 36.9 Å². The first kappa shape index (κ1) is 25.5. The Kier molecular flexibility index (Phi) is 14.7. The molecule has 27 heavy (non-hydrogen) atoms. The molecule has 1 N–H and O–H groups in total. The van der Waals surface area contributed by atoms with Gasteiger partial charge in [0.1, 0.15) is 13.2 Å². The standard InChI is InChI=1S/C21H35NO4.ClH/c1-5-9-14-24-19-12-11-18(17-20(19)25-15-10-6-2)21(23)26-16-13-22(7-3)8-4;/h11-12,17H,5-10,13-16H2,1-4H3;1H. The Bertz CT molecular complexity index is 521. The van der Waals surface area contributed by atoms with E-state index in [4.69, 9.17) is 14.2 Å². The molecule has 6 heteroatoms. The summed E-state index contributed by atoms with van der Waals surface area (Å²) in [4.78, 5) is 13.7.